The van der Waals surface area contributed by atoms with Crippen LogP contribution in [0.25, 0.3) is 0 Å². The monoisotopic (exact) mass is 299 g/mol. The first-order valence-electron chi connectivity index (χ1n) is 6.55. The van der Waals surface area contributed by atoms with Crippen molar-refractivity contribution in [2.45, 2.75) is 33.3 Å². The molecule has 0 aliphatic carbocycles. The van der Waals surface area contributed by atoms with E-state index in [1.165, 1.54) is 7.11 Å². The van der Waals surface area contributed by atoms with Crippen LogP contribution in [0.1, 0.15) is 37.6 Å². The van der Waals surface area contributed by atoms with Gasteiger partial charge in [-0.25, -0.2) is 0 Å². The lowest BCUT2D eigenvalue weighted by molar-refractivity contribution is 0.0551. The zero-order valence-corrected chi connectivity index (χ0v) is 13.1. The van der Waals surface area contributed by atoms with E-state index in [2.05, 4.69) is 5.32 Å². The fourth-order valence-corrected chi connectivity index (χ4v) is 1.88. The molecule has 1 rings (SSSR count). The number of ether oxygens (including phenoxy) is 1. The SMILES string of the molecule is COc1ccc(Cl)cc1C(=O)NCC[C@@H](O)C(C)(C)C. The van der Waals surface area contributed by atoms with Gasteiger partial charge in [0.05, 0.1) is 18.8 Å². The second-order valence-electron chi connectivity index (χ2n) is 5.77. The molecule has 0 saturated carbocycles. The summed E-state index contributed by atoms with van der Waals surface area (Å²) < 4.78 is 5.13. The molecule has 0 radical (unpaired) electrons. The van der Waals surface area contributed by atoms with Gasteiger partial charge in [-0.3, -0.25) is 4.79 Å². The number of benzene rings is 1. The fourth-order valence-electron chi connectivity index (χ4n) is 1.71. The molecule has 5 heteroatoms. The Balaban J connectivity index is 2.62. The molecule has 1 amide bonds. The standard InChI is InChI=1S/C15H22ClNO3/c1-15(2,3)13(18)7-8-17-14(19)11-9-10(16)5-6-12(11)20-4/h5-6,9,13,18H,7-8H2,1-4H3,(H,17,19)/t13-/m1/s1. The van der Waals surface area contributed by atoms with Crippen LogP contribution >= 0.6 is 11.6 Å². The number of nitrogens with one attached hydrogen (secondary N) is 1. The molecule has 112 valence electrons. The van der Waals surface area contributed by atoms with E-state index in [1.807, 2.05) is 20.8 Å². The van der Waals surface area contributed by atoms with Crippen molar-refractivity contribution in [2.75, 3.05) is 13.7 Å². The van der Waals surface area contributed by atoms with Crippen LogP contribution in [0.15, 0.2) is 18.2 Å². The number of amides is 1. The first kappa shape index (κ1) is 16.8. The van der Waals surface area contributed by atoms with E-state index in [1.54, 1.807) is 18.2 Å². The highest BCUT2D eigenvalue weighted by atomic mass is 35.5. The number of rotatable bonds is 5. The normalized spacial score (nSPS) is 12.9. The Hall–Kier alpha value is -1.26. The number of carbonyl (C=O) groups is 1. The number of aliphatic hydroxyl groups excluding tert-OH is 1. The highest BCUT2D eigenvalue weighted by Crippen LogP contribution is 2.23. The molecule has 0 fully saturated rings. The second kappa shape index (κ2) is 6.95. The first-order chi connectivity index (χ1) is 9.25. The zero-order valence-electron chi connectivity index (χ0n) is 12.4. The van der Waals surface area contributed by atoms with Gasteiger partial charge in [-0.1, -0.05) is 32.4 Å². The number of hydrogen-bond donors (Lipinski definition) is 2. The molecule has 1 aromatic carbocycles. The molecule has 1 aromatic rings. The molecule has 4 nitrogen and oxygen atoms in total. The van der Waals surface area contributed by atoms with Gasteiger partial charge in [0.25, 0.3) is 5.91 Å². The Labute approximate surface area is 125 Å². The summed E-state index contributed by atoms with van der Waals surface area (Å²) >= 11 is 5.89. The highest BCUT2D eigenvalue weighted by molar-refractivity contribution is 6.31. The molecule has 1 atom stereocenters. The quantitative estimate of drug-likeness (QED) is 0.879. The van der Waals surface area contributed by atoms with Crippen LogP contribution in [-0.4, -0.2) is 30.8 Å². The van der Waals surface area contributed by atoms with E-state index in [0.29, 0.717) is 29.3 Å². The summed E-state index contributed by atoms with van der Waals surface area (Å²) in [4.78, 5) is 12.1. The number of methoxy groups -OCH3 is 1. The van der Waals surface area contributed by atoms with Crippen molar-refractivity contribution in [1.82, 2.24) is 5.32 Å². The maximum atomic E-state index is 12.1. The van der Waals surface area contributed by atoms with Gasteiger partial charge in [-0.2, -0.15) is 0 Å². The Bertz CT molecular complexity index is 469. The van der Waals surface area contributed by atoms with Crippen molar-refractivity contribution in [2.24, 2.45) is 5.41 Å². The molecule has 0 unspecified atom stereocenters. The molecule has 0 aromatic heterocycles. The van der Waals surface area contributed by atoms with Gasteiger partial charge in [0, 0.05) is 11.6 Å². The molecule has 0 saturated heterocycles. The third-order valence-electron chi connectivity index (χ3n) is 3.11. The van der Waals surface area contributed by atoms with E-state index in [0.717, 1.165) is 0 Å². The maximum absolute atomic E-state index is 12.1. The van der Waals surface area contributed by atoms with E-state index >= 15 is 0 Å². The number of hydrogen-bond acceptors (Lipinski definition) is 3. The summed E-state index contributed by atoms with van der Waals surface area (Å²) in [6.45, 7) is 6.27. The van der Waals surface area contributed by atoms with E-state index < -0.39 is 6.10 Å². The summed E-state index contributed by atoms with van der Waals surface area (Å²) in [5.41, 5.74) is 0.198. The van der Waals surface area contributed by atoms with Gasteiger partial charge in [0.2, 0.25) is 0 Å². The molecule has 0 aliphatic rings. The minimum Gasteiger partial charge on any atom is -0.496 e. The van der Waals surface area contributed by atoms with Gasteiger partial charge in [-0.15, -0.1) is 0 Å². The second-order valence-corrected chi connectivity index (χ2v) is 6.21. The lowest BCUT2D eigenvalue weighted by atomic mass is 9.87. The lowest BCUT2D eigenvalue weighted by Crippen LogP contribution is -2.32. The lowest BCUT2D eigenvalue weighted by Gasteiger charge is -2.25. The van der Waals surface area contributed by atoms with Crippen LogP contribution in [0, 0.1) is 5.41 Å². The predicted molar refractivity (Wildman–Crippen MR) is 80.4 cm³/mol. The Morgan fingerprint density at radius 2 is 2.10 bits per heavy atom. The molecule has 2 N–H and O–H groups in total. The van der Waals surface area contributed by atoms with Gasteiger partial charge >= 0.3 is 0 Å². The van der Waals surface area contributed by atoms with Gasteiger partial charge in [-0.05, 0) is 30.0 Å². The fraction of sp³-hybridized carbons (Fsp3) is 0.533. The minimum atomic E-state index is -0.468. The van der Waals surface area contributed by atoms with Gasteiger partial charge < -0.3 is 15.2 Å². The molecule has 0 aliphatic heterocycles. The Morgan fingerprint density at radius 1 is 1.45 bits per heavy atom. The third-order valence-corrected chi connectivity index (χ3v) is 3.34. The van der Waals surface area contributed by atoms with Gasteiger partial charge in [0.1, 0.15) is 5.75 Å². The number of carbonyl (C=O) groups excluding carboxylic acids is 1. The zero-order chi connectivity index (χ0) is 15.3. The first-order valence-corrected chi connectivity index (χ1v) is 6.93. The largest absolute Gasteiger partial charge is 0.496 e. The summed E-state index contributed by atoms with van der Waals surface area (Å²) in [6, 6.07) is 4.89. The van der Waals surface area contributed by atoms with Crippen LogP contribution < -0.4 is 10.1 Å². The summed E-state index contributed by atoms with van der Waals surface area (Å²) in [6.07, 6.45) is 0.0297. The summed E-state index contributed by atoms with van der Waals surface area (Å²) in [5, 5.41) is 13.2. The topological polar surface area (TPSA) is 58.6 Å². The smallest absolute Gasteiger partial charge is 0.255 e. The molecular formula is C15H22ClNO3. The molecule has 0 heterocycles. The molecule has 0 bridgehead atoms. The van der Waals surface area contributed by atoms with Crippen LogP contribution in [0.4, 0.5) is 0 Å². The average Bonchev–Trinajstić information content (AvgIpc) is 2.37. The molecule has 20 heavy (non-hydrogen) atoms. The van der Waals surface area contributed by atoms with Crippen molar-refractivity contribution in [3.63, 3.8) is 0 Å². The Kier molecular flexibility index (Phi) is 5.84. The average molecular weight is 300 g/mol. The van der Waals surface area contributed by atoms with E-state index in [4.69, 9.17) is 16.3 Å². The van der Waals surface area contributed by atoms with Crippen LogP contribution in [0.3, 0.4) is 0 Å². The number of halogens is 1. The van der Waals surface area contributed by atoms with Crippen molar-refractivity contribution in [1.29, 1.82) is 0 Å². The Morgan fingerprint density at radius 3 is 2.65 bits per heavy atom. The van der Waals surface area contributed by atoms with Gasteiger partial charge in [0.15, 0.2) is 0 Å². The molecule has 0 spiro atoms. The van der Waals surface area contributed by atoms with Crippen molar-refractivity contribution in [3.8, 4) is 5.75 Å². The van der Waals surface area contributed by atoms with Crippen molar-refractivity contribution >= 4 is 17.5 Å². The predicted octanol–water partition coefficient (Wildman–Crippen LogP) is 2.88. The van der Waals surface area contributed by atoms with Crippen LogP contribution in [-0.2, 0) is 0 Å². The summed E-state index contributed by atoms with van der Waals surface area (Å²) in [5.74, 6) is 0.216. The summed E-state index contributed by atoms with van der Waals surface area (Å²) in [7, 11) is 1.50. The van der Waals surface area contributed by atoms with Crippen LogP contribution in [0.2, 0.25) is 5.02 Å². The van der Waals surface area contributed by atoms with Crippen LogP contribution in [0.5, 0.6) is 5.75 Å². The molecular weight excluding hydrogens is 278 g/mol. The van der Waals surface area contributed by atoms with Crippen molar-refractivity contribution < 1.29 is 14.6 Å². The number of aliphatic hydroxyl groups is 1. The third kappa shape index (κ3) is 4.69. The van der Waals surface area contributed by atoms with E-state index in [9.17, 15) is 9.90 Å². The van der Waals surface area contributed by atoms with E-state index in [-0.39, 0.29) is 11.3 Å². The minimum absolute atomic E-state index is 0.196. The van der Waals surface area contributed by atoms with Crippen molar-refractivity contribution in [3.05, 3.63) is 28.8 Å². The maximum Gasteiger partial charge on any atom is 0.255 e. The highest BCUT2D eigenvalue weighted by Gasteiger charge is 2.22.